The van der Waals surface area contributed by atoms with E-state index in [1.165, 1.54) is 17.2 Å². The molecule has 0 radical (unpaired) electrons. The molecule has 6 heteroatoms. The van der Waals surface area contributed by atoms with Gasteiger partial charge >= 0.3 is 0 Å². The van der Waals surface area contributed by atoms with Gasteiger partial charge in [-0.2, -0.15) is 0 Å². The van der Waals surface area contributed by atoms with Crippen molar-refractivity contribution in [3.8, 4) is 5.75 Å². The van der Waals surface area contributed by atoms with Crippen molar-refractivity contribution in [3.63, 3.8) is 0 Å². The Morgan fingerprint density at radius 3 is 2.85 bits per heavy atom. The number of hydrogen-bond acceptors (Lipinski definition) is 4. The van der Waals surface area contributed by atoms with E-state index in [2.05, 4.69) is 30.5 Å². The number of non-ortho nitro benzene ring substituents is 1. The highest BCUT2D eigenvalue weighted by Crippen LogP contribution is 2.54. The molecule has 0 unspecified atom stereocenters. The largest absolute Gasteiger partial charge is 0.495 e. The first kappa shape index (κ1) is 16.9. The molecule has 0 saturated carbocycles. The van der Waals surface area contributed by atoms with Crippen molar-refractivity contribution >= 4 is 23.0 Å². The third-order valence-corrected chi connectivity index (χ3v) is 5.79. The number of fused-ring (bicyclic) bond motifs is 3. The normalized spacial score (nSPS) is 23.1. The van der Waals surface area contributed by atoms with Crippen molar-refractivity contribution in [2.45, 2.75) is 25.3 Å². The van der Waals surface area contributed by atoms with E-state index in [0.717, 1.165) is 23.4 Å². The minimum atomic E-state index is -0.383. The molecule has 3 atom stereocenters. The van der Waals surface area contributed by atoms with Gasteiger partial charge in [-0.25, -0.2) is 0 Å². The summed E-state index contributed by atoms with van der Waals surface area (Å²) < 4.78 is 5.56. The summed E-state index contributed by atoms with van der Waals surface area (Å²) >= 11 is 6.44. The van der Waals surface area contributed by atoms with Gasteiger partial charge in [0.05, 0.1) is 23.8 Å². The summed E-state index contributed by atoms with van der Waals surface area (Å²) in [6.07, 6.45) is 5.32. The van der Waals surface area contributed by atoms with Gasteiger partial charge < -0.3 is 10.1 Å². The highest BCUT2D eigenvalue weighted by atomic mass is 35.5. The maximum atomic E-state index is 11.2. The van der Waals surface area contributed by atoms with Crippen LogP contribution in [0.1, 0.15) is 35.1 Å². The van der Waals surface area contributed by atoms with E-state index in [1.54, 1.807) is 19.2 Å². The van der Waals surface area contributed by atoms with Crippen LogP contribution in [0.15, 0.2) is 42.5 Å². The van der Waals surface area contributed by atoms with E-state index in [-0.39, 0.29) is 28.5 Å². The average Bonchev–Trinajstić information content (AvgIpc) is 3.11. The molecule has 0 bridgehead atoms. The van der Waals surface area contributed by atoms with Gasteiger partial charge in [0.2, 0.25) is 0 Å². The van der Waals surface area contributed by atoms with E-state index < -0.39 is 0 Å². The lowest BCUT2D eigenvalue weighted by Gasteiger charge is -2.39. The van der Waals surface area contributed by atoms with Crippen molar-refractivity contribution in [3.05, 3.63) is 74.3 Å². The van der Waals surface area contributed by atoms with Crippen LogP contribution in [-0.2, 0) is 0 Å². The highest BCUT2D eigenvalue weighted by Gasteiger charge is 2.40. The Labute approximate surface area is 156 Å². The molecule has 0 fully saturated rings. The maximum Gasteiger partial charge on any atom is 0.269 e. The molecule has 26 heavy (non-hydrogen) atoms. The number of benzene rings is 2. The van der Waals surface area contributed by atoms with E-state index in [0.29, 0.717) is 5.02 Å². The van der Waals surface area contributed by atoms with Crippen molar-refractivity contribution < 1.29 is 9.66 Å². The van der Waals surface area contributed by atoms with Gasteiger partial charge in [-0.15, -0.1) is 0 Å². The summed E-state index contributed by atoms with van der Waals surface area (Å²) in [7, 11) is 1.65. The number of anilines is 1. The molecule has 1 aliphatic carbocycles. The number of aryl methyl sites for hydroxylation is 1. The lowest BCUT2D eigenvalue weighted by molar-refractivity contribution is -0.384. The number of methoxy groups -OCH3 is 1. The van der Waals surface area contributed by atoms with E-state index in [9.17, 15) is 10.1 Å². The maximum absolute atomic E-state index is 11.2. The molecule has 134 valence electrons. The van der Waals surface area contributed by atoms with Gasteiger partial charge in [0.25, 0.3) is 5.69 Å². The zero-order valence-electron chi connectivity index (χ0n) is 14.5. The summed E-state index contributed by atoms with van der Waals surface area (Å²) in [5, 5.41) is 15.3. The Hall–Kier alpha value is -2.53. The molecular weight excluding hydrogens is 352 g/mol. The average molecular weight is 371 g/mol. The van der Waals surface area contributed by atoms with Crippen LogP contribution in [0.4, 0.5) is 11.4 Å². The number of nitrogens with zero attached hydrogens (tertiary/aromatic N) is 1. The molecule has 0 amide bonds. The van der Waals surface area contributed by atoms with Gasteiger partial charge in [-0.05, 0) is 42.5 Å². The molecule has 5 nitrogen and oxygen atoms in total. The summed E-state index contributed by atoms with van der Waals surface area (Å²) in [5.74, 6) is 1.27. The predicted octanol–water partition coefficient (Wildman–Crippen LogP) is 5.39. The van der Waals surface area contributed by atoms with Crippen LogP contribution in [0.3, 0.4) is 0 Å². The third kappa shape index (κ3) is 2.54. The topological polar surface area (TPSA) is 64.4 Å². The molecule has 1 N–H and O–H groups in total. The number of nitro benzene ring substituents is 1. The summed E-state index contributed by atoms with van der Waals surface area (Å²) in [5.41, 5.74) is 4.21. The Balaban J connectivity index is 1.87. The first-order chi connectivity index (χ1) is 12.5. The van der Waals surface area contributed by atoms with Gasteiger partial charge in [-0.3, -0.25) is 10.1 Å². The van der Waals surface area contributed by atoms with Crippen molar-refractivity contribution in [2.24, 2.45) is 5.92 Å². The molecule has 4 rings (SSSR count). The number of rotatable bonds is 3. The third-order valence-electron chi connectivity index (χ3n) is 5.44. The number of allylic oxidation sites excluding steroid dienone is 2. The van der Waals surface area contributed by atoms with Gasteiger partial charge in [0.1, 0.15) is 5.75 Å². The first-order valence-electron chi connectivity index (χ1n) is 8.55. The van der Waals surface area contributed by atoms with Gasteiger partial charge in [-0.1, -0.05) is 29.8 Å². The molecule has 0 spiro atoms. The predicted molar refractivity (Wildman–Crippen MR) is 102 cm³/mol. The Morgan fingerprint density at radius 2 is 2.12 bits per heavy atom. The number of nitro groups is 1. The van der Waals surface area contributed by atoms with Gasteiger partial charge in [0.15, 0.2) is 0 Å². The zero-order chi connectivity index (χ0) is 18.4. The number of hydrogen-bond donors (Lipinski definition) is 1. The first-order valence-corrected chi connectivity index (χ1v) is 8.93. The fourth-order valence-electron chi connectivity index (χ4n) is 4.23. The molecule has 1 heterocycles. The molecule has 2 aliphatic rings. The lowest BCUT2D eigenvalue weighted by atomic mass is 9.75. The second-order valence-corrected chi connectivity index (χ2v) is 7.22. The van der Waals surface area contributed by atoms with Crippen LogP contribution in [0.2, 0.25) is 5.02 Å². The van der Waals surface area contributed by atoms with Crippen molar-refractivity contribution in [1.82, 2.24) is 0 Å². The zero-order valence-corrected chi connectivity index (χ0v) is 15.3. The van der Waals surface area contributed by atoms with Crippen LogP contribution in [0.5, 0.6) is 5.75 Å². The van der Waals surface area contributed by atoms with Crippen LogP contribution < -0.4 is 10.1 Å². The lowest BCUT2D eigenvalue weighted by Crippen LogP contribution is -2.30. The van der Waals surface area contributed by atoms with Crippen LogP contribution in [-0.4, -0.2) is 12.0 Å². The Bertz CT molecular complexity index is 926. The monoisotopic (exact) mass is 370 g/mol. The quantitative estimate of drug-likeness (QED) is 0.447. The number of halogens is 1. The van der Waals surface area contributed by atoms with Crippen molar-refractivity contribution in [2.75, 3.05) is 12.4 Å². The Morgan fingerprint density at radius 1 is 1.31 bits per heavy atom. The molecule has 2 aromatic carbocycles. The molecular formula is C20H19ClN2O3. The minimum absolute atomic E-state index is 0.0516. The van der Waals surface area contributed by atoms with E-state index in [4.69, 9.17) is 16.3 Å². The van der Waals surface area contributed by atoms with Gasteiger partial charge in [0, 0.05) is 28.6 Å². The summed E-state index contributed by atoms with van der Waals surface area (Å²) in [6.45, 7) is 2.10. The van der Waals surface area contributed by atoms with E-state index >= 15 is 0 Å². The minimum Gasteiger partial charge on any atom is -0.495 e. The summed E-state index contributed by atoms with van der Waals surface area (Å²) in [4.78, 5) is 10.8. The van der Waals surface area contributed by atoms with Crippen molar-refractivity contribution in [1.29, 1.82) is 0 Å². The highest BCUT2D eigenvalue weighted by molar-refractivity contribution is 6.31. The standard InChI is InChI=1S/C20H19ClN2O3/c1-11-6-9-17(26-2)20-18(11)13-4-3-5-14(13)19(22-20)15-10-12(23(24)25)7-8-16(15)21/h3-4,6-10,13-14,19,22H,5H2,1-2H3/t13-,14-,19+/m1/s1. The SMILES string of the molecule is COc1ccc(C)c2c1N[C@H](c1cc([N+](=O)[O-])ccc1Cl)[C@@H]1CC=C[C@@H]21. The number of ether oxygens (including phenoxy) is 1. The summed E-state index contributed by atoms with van der Waals surface area (Å²) in [6, 6.07) is 8.54. The molecule has 2 aromatic rings. The number of nitrogens with one attached hydrogen (secondary N) is 1. The smallest absolute Gasteiger partial charge is 0.269 e. The fraction of sp³-hybridized carbons (Fsp3) is 0.300. The fourth-order valence-corrected chi connectivity index (χ4v) is 4.47. The van der Waals surface area contributed by atoms with Crippen LogP contribution >= 0.6 is 11.6 Å². The van der Waals surface area contributed by atoms with Crippen LogP contribution in [0, 0.1) is 23.0 Å². The molecule has 0 saturated heterocycles. The molecule has 0 aromatic heterocycles. The van der Waals surface area contributed by atoms with E-state index in [1.807, 2.05) is 6.07 Å². The Kier molecular flexibility index (Phi) is 4.11. The second-order valence-electron chi connectivity index (χ2n) is 6.81. The second kappa shape index (κ2) is 6.32. The van der Waals surface area contributed by atoms with Crippen LogP contribution in [0.25, 0.3) is 0 Å². The molecule has 1 aliphatic heterocycles.